The molecule has 0 spiro atoms. The Morgan fingerprint density at radius 2 is 1.76 bits per heavy atom. The summed E-state index contributed by atoms with van der Waals surface area (Å²) in [5.74, 6) is -1.05. The maximum absolute atomic E-state index is 13.2. The largest absolute Gasteiger partial charge is 0.493 e. The van der Waals surface area contributed by atoms with Crippen LogP contribution in [0.1, 0.15) is 21.5 Å². The Kier molecular flexibility index (Phi) is 6.40. The van der Waals surface area contributed by atoms with E-state index in [0.717, 1.165) is 10.5 Å². The number of benzene rings is 3. The van der Waals surface area contributed by atoms with Crippen molar-refractivity contribution in [1.29, 1.82) is 0 Å². The zero-order valence-electron chi connectivity index (χ0n) is 19.9. The van der Waals surface area contributed by atoms with Crippen molar-refractivity contribution in [2.24, 2.45) is 0 Å². The van der Waals surface area contributed by atoms with Gasteiger partial charge >= 0.3 is 12.0 Å². The molecule has 0 unspecified atom stereocenters. The molecule has 0 bridgehead atoms. The van der Waals surface area contributed by atoms with Crippen LogP contribution in [0.3, 0.4) is 0 Å². The summed E-state index contributed by atoms with van der Waals surface area (Å²) in [7, 11) is 1.44. The van der Waals surface area contributed by atoms with Crippen molar-refractivity contribution in [3.05, 3.63) is 82.9 Å². The number of anilines is 1. The summed E-state index contributed by atoms with van der Waals surface area (Å²) in [4.78, 5) is 50.1. The van der Waals surface area contributed by atoms with Gasteiger partial charge in [0.2, 0.25) is 6.79 Å². The molecule has 2 N–H and O–H groups in total. The van der Waals surface area contributed by atoms with Crippen LogP contribution >= 0.6 is 0 Å². The second-order valence-electron chi connectivity index (χ2n) is 8.20. The molecule has 0 radical (unpaired) electrons. The summed E-state index contributed by atoms with van der Waals surface area (Å²) in [6, 6.07) is 14.8. The lowest BCUT2D eigenvalue weighted by Gasteiger charge is -2.26. The monoisotopic (exact) mass is 516 g/mol. The lowest BCUT2D eigenvalue weighted by molar-refractivity contribution is -0.122. The number of urea groups is 1. The van der Waals surface area contributed by atoms with Crippen molar-refractivity contribution >= 4 is 35.6 Å². The molecule has 5 rings (SSSR count). The van der Waals surface area contributed by atoms with Crippen LogP contribution in [0.15, 0.2) is 66.2 Å². The zero-order valence-corrected chi connectivity index (χ0v) is 19.9. The van der Waals surface area contributed by atoms with Gasteiger partial charge in [-0.1, -0.05) is 18.2 Å². The Morgan fingerprint density at radius 1 is 1.00 bits per heavy atom. The smallest absolute Gasteiger partial charge is 0.335 e. The molecule has 0 saturated carbocycles. The van der Waals surface area contributed by atoms with Gasteiger partial charge in [0.05, 0.1) is 18.4 Å². The topological polar surface area (TPSA) is 141 Å². The van der Waals surface area contributed by atoms with Crippen molar-refractivity contribution in [3.63, 3.8) is 0 Å². The SMILES string of the molecule is COc1cc(/C=C2\C(=O)NC(=O)N(c3ccc4c(c3)OCO4)C2=O)ccc1OCc1ccc(C(=O)O)cc1. The molecule has 11 heteroatoms. The first-order valence-electron chi connectivity index (χ1n) is 11.3. The molecule has 11 nitrogen and oxygen atoms in total. The molecule has 3 aromatic carbocycles. The van der Waals surface area contributed by atoms with Crippen LogP contribution in [-0.2, 0) is 16.2 Å². The Labute approximate surface area is 215 Å². The fraction of sp³-hybridized carbons (Fsp3) is 0.111. The van der Waals surface area contributed by atoms with Crippen LogP contribution in [0.5, 0.6) is 23.0 Å². The number of hydrogen-bond acceptors (Lipinski definition) is 8. The zero-order chi connectivity index (χ0) is 26.8. The molecule has 2 heterocycles. The van der Waals surface area contributed by atoms with E-state index in [2.05, 4.69) is 5.32 Å². The number of methoxy groups -OCH3 is 1. The molecule has 38 heavy (non-hydrogen) atoms. The number of carboxylic acid groups (broad SMARTS) is 1. The number of carbonyl (C=O) groups is 4. The average molecular weight is 516 g/mol. The summed E-state index contributed by atoms with van der Waals surface area (Å²) < 4.78 is 21.8. The summed E-state index contributed by atoms with van der Waals surface area (Å²) in [6.45, 7) is 0.186. The molecule has 1 fully saturated rings. The van der Waals surface area contributed by atoms with E-state index in [-0.39, 0.29) is 30.2 Å². The lowest BCUT2D eigenvalue weighted by atomic mass is 10.1. The van der Waals surface area contributed by atoms with Crippen molar-refractivity contribution in [1.82, 2.24) is 5.32 Å². The number of imide groups is 2. The van der Waals surface area contributed by atoms with Crippen LogP contribution in [0, 0.1) is 0 Å². The number of ether oxygens (including phenoxy) is 4. The number of hydrogen-bond donors (Lipinski definition) is 2. The molecule has 0 aromatic heterocycles. The minimum Gasteiger partial charge on any atom is -0.493 e. The third-order valence-electron chi connectivity index (χ3n) is 5.81. The molecule has 3 aromatic rings. The summed E-state index contributed by atoms with van der Waals surface area (Å²) in [6.07, 6.45) is 1.35. The average Bonchev–Trinajstić information content (AvgIpc) is 3.38. The van der Waals surface area contributed by atoms with E-state index in [1.54, 1.807) is 36.4 Å². The molecule has 2 aliphatic heterocycles. The summed E-state index contributed by atoms with van der Waals surface area (Å²) >= 11 is 0. The minimum absolute atomic E-state index is 0.0289. The van der Waals surface area contributed by atoms with E-state index in [4.69, 9.17) is 24.1 Å². The van der Waals surface area contributed by atoms with Gasteiger partial charge in [0.1, 0.15) is 12.2 Å². The molecule has 0 aliphatic carbocycles. The molecule has 4 amide bonds. The Hall–Kier alpha value is -5.32. The summed E-state index contributed by atoms with van der Waals surface area (Å²) in [5, 5.41) is 11.2. The molecule has 0 atom stereocenters. The first kappa shape index (κ1) is 24.4. The van der Waals surface area contributed by atoms with Gasteiger partial charge in [0.25, 0.3) is 11.8 Å². The first-order valence-corrected chi connectivity index (χ1v) is 11.3. The highest BCUT2D eigenvalue weighted by molar-refractivity contribution is 6.39. The second kappa shape index (κ2) is 9.97. The number of barbiturate groups is 1. The highest BCUT2D eigenvalue weighted by atomic mass is 16.7. The van der Waals surface area contributed by atoms with Gasteiger partial charge in [-0.05, 0) is 53.6 Å². The maximum atomic E-state index is 13.2. The number of nitrogens with zero attached hydrogens (tertiary/aromatic N) is 1. The molecular weight excluding hydrogens is 496 g/mol. The predicted molar refractivity (Wildman–Crippen MR) is 132 cm³/mol. The highest BCUT2D eigenvalue weighted by Crippen LogP contribution is 2.36. The van der Waals surface area contributed by atoms with Crippen molar-refractivity contribution < 1.29 is 43.2 Å². The molecular formula is C27H20N2O9. The number of carboxylic acids is 1. The van der Waals surface area contributed by atoms with Crippen LogP contribution in [-0.4, -0.2) is 42.8 Å². The van der Waals surface area contributed by atoms with E-state index in [1.807, 2.05) is 0 Å². The van der Waals surface area contributed by atoms with Gasteiger partial charge < -0.3 is 24.1 Å². The third-order valence-corrected chi connectivity index (χ3v) is 5.81. The van der Waals surface area contributed by atoms with E-state index >= 15 is 0 Å². The van der Waals surface area contributed by atoms with Crippen molar-refractivity contribution in [2.75, 3.05) is 18.8 Å². The van der Waals surface area contributed by atoms with Gasteiger partial charge in [-0.25, -0.2) is 14.5 Å². The number of amides is 4. The van der Waals surface area contributed by atoms with E-state index in [9.17, 15) is 19.2 Å². The van der Waals surface area contributed by atoms with E-state index in [1.165, 1.54) is 37.5 Å². The van der Waals surface area contributed by atoms with Gasteiger partial charge in [-0.15, -0.1) is 0 Å². The Balaban J connectivity index is 1.36. The minimum atomic E-state index is -1.02. The van der Waals surface area contributed by atoms with Gasteiger partial charge in [0, 0.05) is 6.07 Å². The lowest BCUT2D eigenvalue weighted by Crippen LogP contribution is -2.54. The number of aromatic carboxylic acids is 1. The van der Waals surface area contributed by atoms with Gasteiger partial charge in [0.15, 0.2) is 23.0 Å². The van der Waals surface area contributed by atoms with E-state index in [0.29, 0.717) is 28.6 Å². The maximum Gasteiger partial charge on any atom is 0.335 e. The Bertz CT molecular complexity index is 1490. The first-order chi connectivity index (χ1) is 18.3. The van der Waals surface area contributed by atoms with Gasteiger partial charge in [-0.2, -0.15) is 0 Å². The highest BCUT2D eigenvalue weighted by Gasteiger charge is 2.37. The normalized spacial score (nSPS) is 15.4. The number of nitrogens with one attached hydrogen (secondary N) is 1. The predicted octanol–water partition coefficient (Wildman–Crippen LogP) is 3.37. The number of rotatable bonds is 7. The quantitative estimate of drug-likeness (QED) is 0.357. The fourth-order valence-electron chi connectivity index (χ4n) is 3.88. The molecule has 192 valence electrons. The van der Waals surface area contributed by atoms with Crippen LogP contribution in [0.25, 0.3) is 6.08 Å². The van der Waals surface area contributed by atoms with Crippen molar-refractivity contribution in [2.45, 2.75) is 6.61 Å². The summed E-state index contributed by atoms with van der Waals surface area (Å²) in [5.41, 5.74) is 1.34. The van der Waals surface area contributed by atoms with Crippen LogP contribution in [0.4, 0.5) is 10.5 Å². The van der Waals surface area contributed by atoms with Crippen LogP contribution in [0.2, 0.25) is 0 Å². The van der Waals surface area contributed by atoms with Gasteiger partial charge in [-0.3, -0.25) is 14.9 Å². The number of fused-ring (bicyclic) bond motifs is 1. The molecule has 1 saturated heterocycles. The second-order valence-corrected chi connectivity index (χ2v) is 8.20. The van der Waals surface area contributed by atoms with E-state index < -0.39 is 23.8 Å². The Morgan fingerprint density at radius 3 is 2.50 bits per heavy atom. The fourth-order valence-corrected chi connectivity index (χ4v) is 3.88. The van der Waals surface area contributed by atoms with Crippen LogP contribution < -0.4 is 29.2 Å². The standard InChI is InChI=1S/C27H20N2O9/c1-35-22-11-16(4-8-20(22)36-13-15-2-5-17(6-3-15)26(32)33)10-19-24(30)28-27(34)29(25(19)31)18-7-9-21-23(12-18)38-14-37-21/h2-12H,13-14H2,1H3,(H,32,33)(H,28,30,34)/b19-10+. The third kappa shape index (κ3) is 4.72. The van der Waals surface area contributed by atoms with Crippen molar-refractivity contribution in [3.8, 4) is 23.0 Å². The molecule has 2 aliphatic rings. The number of carbonyl (C=O) groups excluding carboxylic acids is 3.